The molecule has 21 heavy (non-hydrogen) atoms. The number of aryl methyl sites for hydroxylation is 1. The number of carbonyl (C=O) groups is 1. The fourth-order valence-electron chi connectivity index (χ4n) is 2.31. The number of rotatable bonds is 2. The van der Waals surface area contributed by atoms with E-state index in [0.29, 0.717) is 10.7 Å². The van der Waals surface area contributed by atoms with Crippen molar-refractivity contribution in [3.05, 3.63) is 64.7 Å². The number of hydrogen-bond acceptors (Lipinski definition) is 3. The summed E-state index contributed by atoms with van der Waals surface area (Å²) in [7, 11) is 0. The van der Waals surface area contributed by atoms with Crippen LogP contribution in [0, 0.1) is 0 Å². The summed E-state index contributed by atoms with van der Waals surface area (Å²) in [6, 6.07) is 14.8. The molecule has 5 heteroatoms. The summed E-state index contributed by atoms with van der Waals surface area (Å²) in [6.07, 6.45) is 1.08. The van der Waals surface area contributed by atoms with Gasteiger partial charge < -0.3 is 0 Å². The zero-order valence-corrected chi connectivity index (χ0v) is 11.9. The first-order valence-corrected chi connectivity index (χ1v) is 6.99. The largest absolute Gasteiger partial charge is 0.437 e. The minimum absolute atomic E-state index is 0.545. The smallest absolute Gasteiger partial charge is 0.297 e. The van der Waals surface area contributed by atoms with E-state index in [0.717, 1.165) is 24.1 Å². The maximum absolute atomic E-state index is 11.7. The molecule has 0 radical (unpaired) electrons. The van der Waals surface area contributed by atoms with E-state index < -0.39 is 6.09 Å². The first kappa shape index (κ1) is 13.6. The minimum atomic E-state index is -0.630. The highest BCUT2D eigenvalue weighted by Crippen LogP contribution is 2.22. The van der Waals surface area contributed by atoms with Crippen LogP contribution in [0.4, 0.5) is 10.5 Å². The van der Waals surface area contributed by atoms with Crippen molar-refractivity contribution in [2.24, 2.45) is 5.16 Å². The molecule has 0 heterocycles. The second kappa shape index (κ2) is 5.97. The minimum Gasteiger partial charge on any atom is -0.297 e. The molecule has 0 saturated carbocycles. The summed E-state index contributed by atoms with van der Waals surface area (Å²) < 4.78 is 0. The predicted octanol–water partition coefficient (Wildman–Crippen LogP) is 4.24. The van der Waals surface area contributed by atoms with E-state index in [1.165, 1.54) is 5.56 Å². The lowest BCUT2D eigenvalue weighted by atomic mass is 10.1. The molecule has 1 N–H and O–H groups in total. The van der Waals surface area contributed by atoms with E-state index in [9.17, 15) is 4.79 Å². The van der Waals surface area contributed by atoms with Crippen LogP contribution in [0.3, 0.4) is 0 Å². The fraction of sp³-hybridized carbons (Fsp3) is 0.125. The van der Waals surface area contributed by atoms with Gasteiger partial charge in [-0.2, -0.15) is 0 Å². The van der Waals surface area contributed by atoms with Crippen molar-refractivity contribution in [2.75, 3.05) is 5.32 Å². The van der Waals surface area contributed by atoms with E-state index in [4.69, 9.17) is 16.4 Å². The highest BCUT2D eigenvalue weighted by Gasteiger charge is 2.18. The number of nitrogens with one attached hydrogen (secondary N) is 1. The van der Waals surface area contributed by atoms with Crippen LogP contribution < -0.4 is 5.32 Å². The topological polar surface area (TPSA) is 50.7 Å². The molecule has 0 bridgehead atoms. The number of anilines is 1. The van der Waals surface area contributed by atoms with Crippen LogP contribution >= 0.6 is 11.6 Å². The molecule has 0 unspecified atom stereocenters. The first-order valence-electron chi connectivity index (χ1n) is 6.61. The lowest BCUT2D eigenvalue weighted by Gasteiger charge is -2.04. The zero-order chi connectivity index (χ0) is 14.7. The van der Waals surface area contributed by atoms with Crippen molar-refractivity contribution in [2.45, 2.75) is 12.8 Å². The Morgan fingerprint density at radius 1 is 1.14 bits per heavy atom. The van der Waals surface area contributed by atoms with Gasteiger partial charge in [-0.05, 0) is 36.6 Å². The van der Waals surface area contributed by atoms with Crippen LogP contribution in [0.25, 0.3) is 0 Å². The van der Waals surface area contributed by atoms with Gasteiger partial charge in [-0.1, -0.05) is 47.1 Å². The Kier molecular flexibility index (Phi) is 3.88. The molecule has 0 atom stereocenters. The van der Waals surface area contributed by atoms with E-state index in [2.05, 4.69) is 16.5 Å². The average Bonchev–Trinajstić information content (AvgIpc) is 2.88. The molecule has 106 valence electrons. The summed E-state index contributed by atoms with van der Waals surface area (Å²) in [6.45, 7) is 0. The van der Waals surface area contributed by atoms with E-state index in [1.54, 1.807) is 24.3 Å². The van der Waals surface area contributed by atoms with Gasteiger partial charge in [0.1, 0.15) is 0 Å². The number of oxime groups is 1. The van der Waals surface area contributed by atoms with Gasteiger partial charge in [0.2, 0.25) is 0 Å². The highest BCUT2D eigenvalue weighted by molar-refractivity contribution is 6.30. The molecule has 2 aromatic rings. The lowest BCUT2D eigenvalue weighted by molar-refractivity contribution is 0.166. The van der Waals surface area contributed by atoms with Crippen LogP contribution in [0.15, 0.2) is 53.7 Å². The summed E-state index contributed by atoms with van der Waals surface area (Å²) in [4.78, 5) is 16.6. The second-order valence-electron chi connectivity index (χ2n) is 4.71. The summed E-state index contributed by atoms with van der Waals surface area (Å²) in [5, 5.41) is 7.08. The third-order valence-corrected chi connectivity index (χ3v) is 3.50. The highest BCUT2D eigenvalue weighted by atomic mass is 35.5. The van der Waals surface area contributed by atoms with Crippen molar-refractivity contribution < 1.29 is 9.63 Å². The van der Waals surface area contributed by atoms with Gasteiger partial charge in [0, 0.05) is 16.3 Å². The molecule has 0 aromatic heterocycles. The number of halogens is 1. The molecular weight excluding hydrogens is 288 g/mol. The SMILES string of the molecule is O=C(Nc1cccc(Cl)c1)ON=C1CCc2ccccc21. The van der Waals surface area contributed by atoms with Crippen molar-refractivity contribution in [1.29, 1.82) is 0 Å². The van der Waals surface area contributed by atoms with Crippen LogP contribution in [0.2, 0.25) is 5.02 Å². The first-order chi connectivity index (χ1) is 10.2. The summed E-state index contributed by atoms with van der Waals surface area (Å²) in [5.41, 5.74) is 3.65. The van der Waals surface area contributed by atoms with E-state index in [1.807, 2.05) is 18.2 Å². The van der Waals surface area contributed by atoms with Crippen LogP contribution in [0.5, 0.6) is 0 Å². The van der Waals surface area contributed by atoms with Crippen molar-refractivity contribution in [1.82, 2.24) is 0 Å². The molecular formula is C16H13ClN2O2. The Hall–Kier alpha value is -2.33. The molecule has 2 aromatic carbocycles. The van der Waals surface area contributed by atoms with E-state index >= 15 is 0 Å². The predicted molar refractivity (Wildman–Crippen MR) is 82.9 cm³/mol. The average molecular weight is 301 g/mol. The van der Waals surface area contributed by atoms with Crippen molar-refractivity contribution in [3.8, 4) is 0 Å². The van der Waals surface area contributed by atoms with Gasteiger partial charge in [-0.3, -0.25) is 10.2 Å². The van der Waals surface area contributed by atoms with Gasteiger partial charge in [-0.15, -0.1) is 0 Å². The summed E-state index contributed by atoms with van der Waals surface area (Å²) >= 11 is 5.85. The van der Waals surface area contributed by atoms with Gasteiger partial charge >= 0.3 is 6.09 Å². The molecule has 0 fully saturated rings. The molecule has 1 aliphatic rings. The molecule has 3 rings (SSSR count). The standard InChI is InChI=1S/C16H13ClN2O2/c17-12-5-3-6-13(10-12)18-16(20)21-19-15-9-8-11-4-1-2-7-14(11)15/h1-7,10H,8-9H2,(H,18,20). The molecule has 0 spiro atoms. The Balaban J connectivity index is 1.65. The fourth-order valence-corrected chi connectivity index (χ4v) is 2.50. The molecule has 0 saturated heterocycles. The Morgan fingerprint density at radius 2 is 2.00 bits per heavy atom. The number of carbonyl (C=O) groups excluding carboxylic acids is 1. The Labute approximate surface area is 127 Å². The maximum atomic E-state index is 11.7. The normalized spacial score (nSPS) is 14.8. The monoisotopic (exact) mass is 300 g/mol. The lowest BCUT2D eigenvalue weighted by Crippen LogP contribution is -2.12. The zero-order valence-electron chi connectivity index (χ0n) is 11.2. The number of fused-ring (bicyclic) bond motifs is 1. The number of benzene rings is 2. The van der Waals surface area contributed by atoms with Gasteiger partial charge in [0.25, 0.3) is 0 Å². The Morgan fingerprint density at radius 3 is 2.86 bits per heavy atom. The summed E-state index contributed by atoms with van der Waals surface area (Å²) in [5.74, 6) is 0. The molecule has 1 amide bonds. The molecule has 4 nitrogen and oxygen atoms in total. The van der Waals surface area contributed by atoms with Gasteiger partial charge in [-0.25, -0.2) is 4.79 Å². The molecule has 0 aliphatic heterocycles. The van der Waals surface area contributed by atoms with Crippen molar-refractivity contribution in [3.63, 3.8) is 0 Å². The number of nitrogens with zero attached hydrogens (tertiary/aromatic N) is 1. The number of amides is 1. The third kappa shape index (κ3) is 3.23. The van der Waals surface area contributed by atoms with E-state index in [-0.39, 0.29) is 0 Å². The molecule has 1 aliphatic carbocycles. The quantitative estimate of drug-likeness (QED) is 0.666. The maximum Gasteiger partial charge on any atom is 0.437 e. The van der Waals surface area contributed by atoms with Gasteiger partial charge in [0.15, 0.2) is 0 Å². The number of hydrogen-bond donors (Lipinski definition) is 1. The van der Waals surface area contributed by atoms with Crippen molar-refractivity contribution >= 4 is 29.1 Å². The van der Waals surface area contributed by atoms with Crippen LogP contribution in [-0.4, -0.2) is 11.8 Å². The van der Waals surface area contributed by atoms with Crippen LogP contribution in [0.1, 0.15) is 17.5 Å². The van der Waals surface area contributed by atoms with Crippen LogP contribution in [-0.2, 0) is 11.3 Å². The van der Waals surface area contributed by atoms with Gasteiger partial charge in [0.05, 0.1) is 5.71 Å². The third-order valence-electron chi connectivity index (χ3n) is 3.27. The Bertz CT molecular complexity index is 713. The second-order valence-corrected chi connectivity index (χ2v) is 5.15.